The van der Waals surface area contributed by atoms with Crippen LogP contribution in [0.1, 0.15) is 17.3 Å². The summed E-state index contributed by atoms with van der Waals surface area (Å²) in [6, 6.07) is 20.2. The Morgan fingerprint density at radius 2 is 1.64 bits per heavy atom. The van der Waals surface area contributed by atoms with Gasteiger partial charge in [0.05, 0.1) is 5.56 Å². The molecule has 0 fully saturated rings. The molecule has 3 aromatic carbocycles. The molecular formula is C20H16BrNO3. The minimum Gasteiger partial charge on any atom is -0.449 e. The van der Waals surface area contributed by atoms with Gasteiger partial charge in [0.25, 0.3) is 5.91 Å². The summed E-state index contributed by atoms with van der Waals surface area (Å²) in [5.74, 6) is -0.897. The van der Waals surface area contributed by atoms with Crippen LogP contribution in [0.5, 0.6) is 0 Å². The van der Waals surface area contributed by atoms with Gasteiger partial charge in [-0.05, 0) is 48.0 Å². The van der Waals surface area contributed by atoms with E-state index in [1.165, 1.54) is 0 Å². The van der Waals surface area contributed by atoms with E-state index in [2.05, 4.69) is 21.2 Å². The van der Waals surface area contributed by atoms with Crippen molar-refractivity contribution in [3.05, 3.63) is 76.8 Å². The van der Waals surface area contributed by atoms with Crippen LogP contribution in [0.15, 0.2) is 71.2 Å². The van der Waals surface area contributed by atoms with E-state index in [4.69, 9.17) is 4.74 Å². The number of rotatable bonds is 4. The van der Waals surface area contributed by atoms with Gasteiger partial charge in [-0.3, -0.25) is 4.79 Å². The predicted octanol–water partition coefficient (Wildman–Crippen LogP) is 4.79. The van der Waals surface area contributed by atoms with E-state index in [0.717, 1.165) is 15.2 Å². The average Bonchev–Trinajstić information content (AvgIpc) is 2.63. The molecule has 3 rings (SSSR count). The molecule has 126 valence electrons. The Labute approximate surface area is 153 Å². The Hall–Kier alpha value is -2.66. The fraction of sp³-hybridized carbons (Fsp3) is 0.100. The summed E-state index contributed by atoms with van der Waals surface area (Å²) < 4.78 is 6.26. The number of ether oxygens (including phenoxy) is 1. The minimum atomic E-state index is -0.907. The molecule has 1 atom stereocenters. The van der Waals surface area contributed by atoms with Gasteiger partial charge in [-0.1, -0.05) is 52.3 Å². The van der Waals surface area contributed by atoms with Crippen LogP contribution in [0.4, 0.5) is 5.69 Å². The highest BCUT2D eigenvalue weighted by atomic mass is 79.9. The molecule has 0 bridgehead atoms. The van der Waals surface area contributed by atoms with Gasteiger partial charge in [-0.25, -0.2) is 4.79 Å². The maximum atomic E-state index is 12.5. The molecule has 0 radical (unpaired) electrons. The fourth-order valence-corrected chi connectivity index (χ4v) is 2.72. The molecule has 25 heavy (non-hydrogen) atoms. The van der Waals surface area contributed by atoms with Crippen molar-refractivity contribution in [1.82, 2.24) is 0 Å². The molecule has 0 aliphatic carbocycles. The standard InChI is InChI=1S/C20H16BrNO3/c1-13(19(23)22-16-11-9-15(21)10-12-16)25-20(24)18-8-4-6-14-5-2-3-7-17(14)18/h2-13H,1H3,(H,22,23)/t13-/m0/s1. The smallest absolute Gasteiger partial charge is 0.339 e. The molecule has 0 saturated carbocycles. The maximum Gasteiger partial charge on any atom is 0.339 e. The summed E-state index contributed by atoms with van der Waals surface area (Å²) in [4.78, 5) is 24.7. The number of esters is 1. The number of fused-ring (bicyclic) bond motifs is 1. The number of carbonyl (C=O) groups excluding carboxylic acids is 2. The van der Waals surface area contributed by atoms with E-state index >= 15 is 0 Å². The number of carbonyl (C=O) groups is 2. The zero-order valence-electron chi connectivity index (χ0n) is 13.5. The number of amides is 1. The highest BCUT2D eigenvalue weighted by Gasteiger charge is 2.20. The Morgan fingerprint density at radius 1 is 0.960 bits per heavy atom. The largest absolute Gasteiger partial charge is 0.449 e. The van der Waals surface area contributed by atoms with Gasteiger partial charge in [0.15, 0.2) is 6.10 Å². The molecule has 1 N–H and O–H groups in total. The van der Waals surface area contributed by atoms with Crippen molar-refractivity contribution in [2.45, 2.75) is 13.0 Å². The zero-order valence-corrected chi connectivity index (χ0v) is 15.1. The van der Waals surface area contributed by atoms with Gasteiger partial charge < -0.3 is 10.1 Å². The lowest BCUT2D eigenvalue weighted by molar-refractivity contribution is -0.123. The van der Waals surface area contributed by atoms with E-state index in [9.17, 15) is 9.59 Å². The summed E-state index contributed by atoms with van der Waals surface area (Å²) in [7, 11) is 0. The van der Waals surface area contributed by atoms with Crippen LogP contribution in [-0.4, -0.2) is 18.0 Å². The molecule has 1 amide bonds. The quantitative estimate of drug-likeness (QED) is 0.644. The Bertz CT molecular complexity index is 916. The van der Waals surface area contributed by atoms with Crippen molar-refractivity contribution in [3.8, 4) is 0 Å². The molecule has 4 nitrogen and oxygen atoms in total. The second-order valence-electron chi connectivity index (χ2n) is 5.57. The highest BCUT2D eigenvalue weighted by molar-refractivity contribution is 9.10. The van der Waals surface area contributed by atoms with Crippen LogP contribution in [0.25, 0.3) is 10.8 Å². The average molecular weight is 398 g/mol. The predicted molar refractivity (Wildman–Crippen MR) is 102 cm³/mol. The normalized spacial score (nSPS) is 11.8. The first kappa shape index (κ1) is 17.2. The van der Waals surface area contributed by atoms with Crippen LogP contribution < -0.4 is 5.32 Å². The number of hydrogen-bond donors (Lipinski definition) is 1. The molecule has 0 saturated heterocycles. The topological polar surface area (TPSA) is 55.4 Å². The molecule has 0 unspecified atom stereocenters. The molecule has 0 spiro atoms. The lowest BCUT2D eigenvalue weighted by atomic mass is 10.0. The van der Waals surface area contributed by atoms with Crippen LogP contribution in [0, 0.1) is 0 Å². The number of hydrogen-bond acceptors (Lipinski definition) is 3. The Balaban J connectivity index is 1.71. The fourth-order valence-electron chi connectivity index (χ4n) is 2.46. The first-order chi connectivity index (χ1) is 12.0. The highest BCUT2D eigenvalue weighted by Crippen LogP contribution is 2.20. The van der Waals surface area contributed by atoms with Gasteiger partial charge in [-0.2, -0.15) is 0 Å². The second kappa shape index (κ2) is 7.49. The molecule has 3 aromatic rings. The third kappa shape index (κ3) is 4.06. The number of benzene rings is 3. The monoisotopic (exact) mass is 397 g/mol. The van der Waals surface area contributed by atoms with Crippen LogP contribution >= 0.6 is 15.9 Å². The first-order valence-electron chi connectivity index (χ1n) is 7.80. The number of halogens is 1. The van der Waals surface area contributed by atoms with Crippen molar-refractivity contribution in [1.29, 1.82) is 0 Å². The summed E-state index contributed by atoms with van der Waals surface area (Å²) in [6.07, 6.45) is -0.907. The molecular weight excluding hydrogens is 382 g/mol. The van der Waals surface area contributed by atoms with E-state index in [0.29, 0.717) is 11.3 Å². The van der Waals surface area contributed by atoms with Gasteiger partial charge in [-0.15, -0.1) is 0 Å². The molecule has 0 heterocycles. The van der Waals surface area contributed by atoms with E-state index < -0.39 is 12.1 Å². The summed E-state index contributed by atoms with van der Waals surface area (Å²) in [5, 5.41) is 4.48. The zero-order chi connectivity index (χ0) is 17.8. The van der Waals surface area contributed by atoms with Crippen molar-refractivity contribution < 1.29 is 14.3 Å². The summed E-state index contributed by atoms with van der Waals surface area (Å²) >= 11 is 3.34. The van der Waals surface area contributed by atoms with Crippen molar-refractivity contribution in [2.75, 3.05) is 5.32 Å². The van der Waals surface area contributed by atoms with Crippen molar-refractivity contribution in [2.24, 2.45) is 0 Å². The van der Waals surface area contributed by atoms with E-state index in [1.807, 2.05) is 42.5 Å². The second-order valence-corrected chi connectivity index (χ2v) is 6.49. The van der Waals surface area contributed by atoms with Crippen LogP contribution in [0.3, 0.4) is 0 Å². The number of anilines is 1. The molecule has 5 heteroatoms. The summed E-state index contributed by atoms with van der Waals surface area (Å²) in [6.45, 7) is 1.55. The number of nitrogens with one attached hydrogen (secondary N) is 1. The van der Waals surface area contributed by atoms with Gasteiger partial charge >= 0.3 is 5.97 Å². The minimum absolute atomic E-state index is 0.379. The third-order valence-corrected chi connectivity index (χ3v) is 4.30. The lowest BCUT2D eigenvalue weighted by Gasteiger charge is -2.14. The van der Waals surface area contributed by atoms with Gasteiger partial charge in [0, 0.05) is 10.2 Å². The van der Waals surface area contributed by atoms with Gasteiger partial charge in [0.2, 0.25) is 0 Å². The van der Waals surface area contributed by atoms with Crippen molar-refractivity contribution >= 4 is 44.3 Å². The third-order valence-electron chi connectivity index (χ3n) is 3.77. The summed E-state index contributed by atoms with van der Waals surface area (Å²) in [5.41, 5.74) is 1.09. The Morgan fingerprint density at radius 3 is 2.40 bits per heavy atom. The van der Waals surface area contributed by atoms with E-state index in [-0.39, 0.29) is 5.91 Å². The molecule has 0 aromatic heterocycles. The van der Waals surface area contributed by atoms with E-state index in [1.54, 1.807) is 31.2 Å². The molecule has 0 aliphatic rings. The van der Waals surface area contributed by atoms with Crippen LogP contribution in [0.2, 0.25) is 0 Å². The van der Waals surface area contributed by atoms with Crippen LogP contribution in [-0.2, 0) is 9.53 Å². The molecule has 0 aliphatic heterocycles. The maximum absolute atomic E-state index is 12.5. The Kier molecular flexibility index (Phi) is 5.14. The lowest BCUT2D eigenvalue weighted by Crippen LogP contribution is -2.30. The first-order valence-corrected chi connectivity index (χ1v) is 8.59. The SMILES string of the molecule is C[C@H](OC(=O)c1cccc2ccccc12)C(=O)Nc1ccc(Br)cc1. The van der Waals surface area contributed by atoms with Gasteiger partial charge in [0.1, 0.15) is 0 Å². The van der Waals surface area contributed by atoms with Crippen molar-refractivity contribution in [3.63, 3.8) is 0 Å².